The van der Waals surface area contributed by atoms with Gasteiger partial charge in [-0.1, -0.05) is 0 Å². The molecule has 9 nitrogen and oxygen atoms in total. The Balaban J connectivity index is 1.90. The largest absolute Gasteiger partial charge is 0.394 e. The van der Waals surface area contributed by atoms with Gasteiger partial charge >= 0.3 is 0 Å². The first-order chi connectivity index (χ1) is 12.4. The van der Waals surface area contributed by atoms with Crippen LogP contribution in [0.4, 0.5) is 5.82 Å². The Bertz CT molecular complexity index is 767. The van der Waals surface area contributed by atoms with Crippen molar-refractivity contribution in [3.05, 3.63) is 12.7 Å². The van der Waals surface area contributed by atoms with Gasteiger partial charge in [0.1, 0.15) is 18.7 Å². The molecular weight excluding hydrogens is 336 g/mol. The minimum atomic E-state index is -0.715. The maximum Gasteiger partial charge on any atom is 0.184 e. The van der Waals surface area contributed by atoms with Gasteiger partial charge in [0.25, 0.3) is 0 Å². The maximum atomic E-state index is 9.95. The lowest BCUT2D eigenvalue weighted by Gasteiger charge is -2.27. The Morgan fingerprint density at radius 2 is 2.04 bits per heavy atom. The zero-order chi connectivity index (χ0) is 18.8. The summed E-state index contributed by atoms with van der Waals surface area (Å²) in [6.45, 7) is 8.20. The van der Waals surface area contributed by atoms with E-state index in [2.05, 4.69) is 52.5 Å². The standard InChI is InChI=1S/C17H26N6O3/c1-10(2)22(11(3)4)9-21-16-15-17(19-7-18-16)23(8-20-15)14-5-12(25)13(6-24)26-14/h7-14,24-25H,5-6H2,1-4H3/b21-9+. The van der Waals surface area contributed by atoms with Crippen molar-refractivity contribution in [3.8, 4) is 0 Å². The van der Waals surface area contributed by atoms with Crippen LogP contribution in [0.2, 0.25) is 0 Å². The monoisotopic (exact) mass is 362 g/mol. The third kappa shape index (κ3) is 3.55. The first-order valence-electron chi connectivity index (χ1n) is 8.86. The highest BCUT2D eigenvalue weighted by molar-refractivity contribution is 5.83. The zero-order valence-corrected chi connectivity index (χ0v) is 15.5. The van der Waals surface area contributed by atoms with E-state index in [1.807, 2.05) is 0 Å². The topological polar surface area (TPSA) is 109 Å². The molecule has 1 fully saturated rings. The van der Waals surface area contributed by atoms with Gasteiger partial charge in [-0.05, 0) is 27.7 Å². The number of rotatable bonds is 6. The van der Waals surface area contributed by atoms with Crippen molar-refractivity contribution in [1.29, 1.82) is 0 Å². The lowest BCUT2D eigenvalue weighted by molar-refractivity contribution is -0.0432. The lowest BCUT2D eigenvalue weighted by atomic mass is 10.2. The van der Waals surface area contributed by atoms with Gasteiger partial charge in [-0.3, -0.25) is 4.57 Å². The van der Waals surface area contributed by atoms with Gasteiger partial charge in [-0.2, -0.15) is 0 Å². The highest BCUT2D eigenvalue weighted by Gasteiger charge is 2.35. The fourth-order valence-corrected chi connectivity index (χ4v) is 3.18. The van der Waals surface area contributed by atoms with E-state index in [4.69, 9.17) is 4.74 Å². The van der Waals surface area contributed by atoms with Gasteiger partial charge in [-0.25, -0.2) is 19.9 Å². The predicted octanol–water partition coefficient (Wildman–Crippen LogP) is 1.25. The summed E-state index contributed by atoms with van der Waals surface area (Å²) in [5, 5.41) is 19.2. The van der Waals surface area contributed by atoms with Crippen molar-refractivity contribution >= 4 is 23.3 Å². The molecule has 0 saturated carbocycles. The third-order valence-electron chi connectivity index (χ3n) is 4.54. The van der Waals surface area contributed by atoms with Crippen LogP contribution in [0, 0.1) is 0 Å². The van der Waals surface area contributed by atoms with Crippen LogP contribution in [0.25, 0.3) is 11.2 Å². The molecule has 3 rings (SSSR count). The first-order valence-corrected chi connectivity index (χ1v) is 8.86. The molecule has 0 radical (unpaired) electrons. The van der Waals surface area contributed by atoms with Crippen molar-refractivity contribution in [2.24, 2.45) is 4.99 Å². The fourth-order valence-electron chi connectivity index (χ4n) is 3.18. The SMILES string of the molecule is CC(C)N(/C=N/c1ncnc2c1ncn2C1CC(O)C(CO)O1)C(C)C. The smallest absolute Gasteiger partial charge is 0.184 e. The second kappa shape index (κ2) is 7.65. The van der Waals surface area contributed by atoms with Crippen molar-refractivity contribution in [1.82, 2.24) is 24.4 Å². The van der Waals surface area contributed by atoms with Gasteiger partial charge in [0, 0.05) is 18.5 Å². The van der Waals surface area contributed by atoms with Gasteiger partial charge in [-0.15, -0.1) is 0 Å². The number of hydrogen-bond donors (Lipinski definition) is 2. The molecule has 2 aromatic heterocycles. The van der Waals surface area contributed by atoms with Gasteiger partial charge in [0.15, 0.2) is 17.0 Å². The van der Waals surface area contributed by atoms with Crippen LogP contribution in [-0.4, -0.2) is 71.9 Å². The molecule has 0 aromatic carbocycles. The summed E-state index contributed by atoms with van der Waals surface area (Å²) >= 11 is 0. The van der Waals surface area contributed by atoms with Crippen LogP contribution in [-0.2, 0) is 4.74 Å². The molecule has 142 valence electrons. The second-order valence-corrected chi connectivity index (χ2v) is 7.02. The van der Waals surface area contributed by atoms with Crippen LogP contribution in [0.5, 0.6) is 0 Å². The number of aliphatic imine (C=N–C) groups is 1. The molecule has 0 spiro atoms. The number of imidazole rings is 1. The van der Waals surface area contributed by atoms with E-state index in [9.17, 15) is 10.2 Å². The van der Waals surface area contributed by atoms with E-state index in [0.29, 0.717) is 35.5 Å². The Morgan fingerprint density at radius 1 is 1.31 bits per heavy atom. The van der Waals surface area contributed by atoms with Crippen molar-refractivity contribution in [2.75, 3.05) is 6.61 Å². The molecule has 3 unspecified atom stereocenters. The number of fused-ring (bicyclic) bond motifs is 1. The van der Waals surface area contributed by atoms with Crippen LogP contribution >= 0.6 is 0 Å². The zero-order valence-electron chi connectivity index (χ0n) is 15.5. The first kappa shape index (κ1) is 18.7. The lowest BCUT2D eigenvalue weighted by Crippen LogP contribution is -2.35. The normalized spacial score (nSPS) is 23.8. The molecule has 1 aliphatic heterocycles. The molecule has 0 aliphatic carbocycles. The molecule has 3 heterocycles. The van der Waals surface area contributed by atoms with Crippen molar-refractivity contribution in [3.63, 3.8) is 0 Å². The molecule has 1 aliphatic rings. The molecule has 26 heavy (non-hydrogen) atoms. The summed E-state index contributed by atoms with van der Waals surface area (Å²) in [7, 11) is 0. The molecule has 0 amide bonds. The minimum absolute atomic E-state index is 0.227. The Kier molecular flexibility index (Phi) is 5.49. The number of aromatic nitrogens is 4. The molecule has 3 atom stereocenters. The van der Waals surface area contributed by atoms with Gasteiger partial charge in [0.05, 0.1) is 25.4 Å². The molecule has 2 N–H and O–H groups in total. The number of aliphatic hydroxyl groups is 2. The van der Waals surface area contributed by atoms with E-state index in [0.717, 1.165) is 0 Å². The molecule has 2 aromatic rings. The molecule has 9 heteroatoms. The molecule has 0 bridgehead atoms. The van der Waals surface area contributed by atoms with Crippen LogP contribution < -0.4 is 0 Å². The third-order valence-corrected chi connectivity index (χ3v) is 4.54. The highest BCUT2D eigenvalue weighted by atomic mass is 16.5. The maximum absolute atomic E-state index is 9.95. The summed E-state index contributed by atoms with van der Waals surface area (Å²) in [5.74, 6) is 0.484. The van der Waals surface area contributed by atoms with Gasteiger partial charge < -0.3 is 19.8 Å². The molecule has 1 saturated heterocycles. The van der Waals surface area contributed by atoms with Crippen LogP contribution in [0.3, 0.4) is 0 Å². The van der Waals surface area contributed by atoms with Crippen LogP contribution in [0.1, 0.15) is 40.3 Å². The summed E-state index contributed by atoms with van der Waals surface area (Å²) < 4.78 is 7.44. The Hall–Kier alpha value is -2.10. The number of ether oxygens (including phenoxy) is 1. The second-order valence-electron chi connectivity index (χ2n) is 7.02. The fraction of sp³-hybridized carbons (Fsp3) is 0.647. The van der Waals surface area contributed by atoms with Crippen molar-refractivity contribution in [2.45, 2.75) is 64.6 Å². The van der Waals surface area contributed by atoms with Gasteiger partial charge in [0.2, 0.25) is 0 Å². The highest BCUT2D eigenvalue weighted by Crippen LogP contribution is 2.31. The average molecular weight is 362 g/mol. The Labute approximate surface area is 152 Å². The quantitative estimate of drug-likeness (QED) is 0.588. The van der Waals surface area contributed by atoms with E-state index in [1.165, 1.54) is 6.33 Å². The van der Waals surface area contributed by atoms with E-state index in [-0.39, 0.29) is 6.61 Å². The van der Waals surface area contributed by atoms with Crippen LogP contribution in [0.15, 0.2) is 17.6 Å². The molecular formula is C17H26N6O3. The summed E-state index contributed by atoms with van der Waals surface area (Å²) in [5.41, 5.74) is 1.16. The summed E-state index contributed by atoms with van der Waals surface area (Å²) in [6.07, 6.45) is 3.47. The Morgan fingerprint density at radius 3 is 2.65 bits per heavy atom. The number of hydrogen-bond acceptors (Lipinski definition) is 7. The van der Waals surface area contributed by atoms with E-state index >= 15 is 0 Å². The van der Waals surface area contributed by atoms with E-state index < -0.39 is 18.4 Å². The summed E-state index contributed by atoms with van der Waals surface area (Å²) in [4.78, 5) is 19.6. The minimum Gasteiger partial charge on any atom is -0.394 e. The number of nitrogens with zero attached hydrogens (tertiary/aromatic N) is 6. The summed E-state index contributed by atoms with van der Waals surface area (Å²) in [6, 6.07) is 0.634. The van der Waals surface area contributed by atoms with E-state index in [1.54, 1.807) is 17.2 Å². The predicted molar refractivity (Wildman–Crippen MR) is 97.2 cm³/mol. The van der Waals surface area contributed by atoms with Crippen molar-refractivity contribution < 1.29 is 14.9 Å². The number of aliphatic hydroxyl groups excluding tert-OH is 2. The average Bonchev–Trinajstić information content (AvgIpc) is 3.17.